The maximum atomic E-state index is 12.4. The number of hydrogen-bond acceptors (Lipinski definition) is 4. The van der Waals surface area contributed by atoms with E-state index in [0.717, 1.165) is 37.0 Å². The van der Waals surface area contributed by atoms with Crippen molar-refractivity contribution in [1.82, 2.24) is 0 Å². The molecule has 5 aliphatic rings. The highest BCUT2D eigenvalue weighted by atomic mass is 16.7. The van der Waals surface area contributed by atoms with E-state index in [1.165, 1.54) is 19.3 Å². The molecule has 0 unspecified atom stereocenters. The second-order valence-corrected chi connectivity index (χ2v) is 8.06. The van der Waals surface area contributed by atoms with E-state index in [1.807, 2.05) is 13.8 Å². The summed E-state index contributed by atoms with van der Waals surface area (Å²) < 4.78 is 5.98. The predicted molar refractivity (Wildman–Crippen MR) is 74.2 cm³/mol. The van der Waals surface area contributed by atoms with Gasteiger partial charge < -0.3 is 9.57 Å². The lowest BCUT2D eigenvalue weighted by molar-refractivity contribution is -0.179. The Bertz CT molecular complexity index is 445. The van der Waals surface area contributed by atoms with Crippen LogP contribution in [0, 0.1) is 17.8 Å². The number of nitrogens with zero attached hydrogens (tertiary/aromatic N) is 1. The Morgan fingerprint density at radius 1 is 1.15 bits per heavy atom. The molecule has 0 N–H and O–H groups in total. The highest BCUT2D eigenvalue weighted by molar-refractivity contribution is 6.37. The van der Waals surface area contributed by atoms with E-state index >= 15 is 0 Å². The molecule has 5 rings (SSSR count). The Hall–Kier alpha value is -1.06. The molecular weight excluding hydrogens is 254 g/mol. The van der Waals surface area contributed by atoms with Gasteiger partial charge in [0.15, 0.2) is 5.71 Å². The van der Waals surface area contributed by atoms with E-state index in [0.29, 0.717) is 12.1 Å². The summed E-state index contributed by atoms with van der Waals surface area (Å²) >= 11 is 0. The highest BCUT2D eigenvalue weighted by Gasteiger charge is 2.53. The smallest absolute Gasteiger partial charge is 0.356 e. The van der Waals surface area contributed by atoms with Crippen LogP contribution in [0.25, 0.3) is 0 Å². The summed E-state index contributed by atoms with van der Waals surface area (Å²) in [7, 11) is 0. The first-order chi connectivity index (χ1) is 9.43. The molecule has 4 aliphatic carbocycles. The predicted octanol–water partition coefficient (Wildman–Crippen LogP) is 3.05. The van der Waals surface area contributed by atoms with Crippen molar-refractivity contribution in [3.63, 3.8) is 0 Å². The molecule has 0 atom stereocenters. The molecular formula is C16H23NO3. The van der Waals surface area contributed by atoms with Gasteiger partial charge in [-0.2, -0.15) is 0 Å². The fourth-order valence-electron chi connectivity index (χ4n) is 5.17. The Morgan fingerprint density at radius 2 is 1.70 bits per heavy atom. The van der Waals surface area contributed by atoms with Gasteiger partial charge in [-0.1, -0.05) is 5.16 Å². The maximum Gasteiger partial charge on any atom is 0.356 e. The largest absolute Gasteiger partial charge is 0.454 e. The maximum absolute atomic E-state index is 12.4. The summed E-state index contributed by atoms with van der Waals surface area (Å²) in [6, 6.07) is 0. The van der Waals surface area contributed by atoms with E-state index in [2.05, 4.69) is 5.16 Å². The lowest BCUT2D eigenvalue weighted by atomic mass is 9.54. The number of hydrogen-bond donors (Lipinski definition) is 0. The molecule has 0 radical (unpaired) electrons. The van der Waals surface area contributed by atoms with Crippen LogP contribution in [0.15, 0.2) is 5.16 Å². The first-order valence-electron chi connectivity index (χ1n) is 7.91. The summed E-state index contributed by atoms with van der Waals surface area (Å²) in [5.74, 6) is 2.12. The van der Waals surface area contributed by atoms with Crippen molar-refractivity contribution in [3.05, 3.63) is 0 Å². The van der Waals surface area contributed by atoms with Crippen LogP contribution < -0.4 is 0 Å². The molecule has 110 valence electrons. The first-order valence-corrected chi connectivity index (χ1v) is 7.91. The van der Waals surface area contributed by atoms with Crippen LogP contribution in [0.4, 0.5) is 0 Å². The molecule has 4 bridgehead atoms. The number of carbonyl (C=O) groups is 1. The van der Waals surface area contributed by atoms with Gasteiger partial charge >= 0.3 is 5.97 Å². The van der Waals surface area contributed by atoms with Gasteiger partial charge in [0.25, 0.3) is 0 Å². The molecule has 4 heteroatoms. The van der Waals surface area contributed by atoms with Crippen LogP contribution in [-0.2, 0) is 14.4 Å². The number of carbonyl (C=O) groups excluding carboxylic acids is 1. The van der Waals surface area contributed by atoms with E-state index < -0.39 is 0 Å². The lowest BCUT2D eigenvalue weighted by Gasteiger charge is -2.55. The van der Waals surface area contributed by atoms with Crippen molar-refractivity contribution >= 4 is 11.7 Å². The third-order valence-electron chi connectivity index (χ3n) is 5.52. The molecule has 0 saturated heterocycles. The molecule has 0 spiro atoms. The van der Waals surface area contributed by atoms with Gasteiger partial charge in [0.1, 0.15) is 11.2 Å². The number of rotatable bonds is 2. The molecule has 4 saturated carbocycles. The molecule has 20 heavy (non-hydrogen) atoms. The second-order valence-electron chi connectivity index (χ2n) is 8.06. The van der Waals surface area contributed by atoms with Crippen molar-refractivity contribution in [2.45, 2.75) is 70.0 Å². The van der Waals surface area contributed by atoms with E-state index in [4.69, 9.17) is 9.57 Å². The van der Waals surface area contributed by atoms with Crippen LogP contribution in [0.1, 0.15) is 58.8 Å². The van der Waals surface area contributed by atoms with Crippen molar-refractivity contribution in [2.75, 3.05) is 0 Å². The summed E-state index contributed by atoms with van der Waals surface area (Å²) in [5, 5.41) is 3.93. The normalized spacial score (nSPS) is 44.1. The first kappa shape index (κ1) is 12.7. The lowest BCUT2D eigenvalue weighted by Crippen LogP contribution is -2.53. The van der Waals surface area contributed by atoms with Gasteiger partial charge in [-0.25, -0.2) is 4.79 Å². The number of oxime groups is 1. The van der Waals surface area contributed by atoms with Gasteiger partial charge in [-0.15, -0.1) is 0 Å². The molecule has 4 fully saturated rings. The Labute approximate surface area is 119 Å². The van der Waals surface area contributed by atoms with Crippen molar-refractivity contribution < 1.29 is 14.4 Å². The van der Waals surface area contributed by atoms with Gasteiger partial charge in [-0.3, -0.25) is 0 Å². The van der Waals surface area contributed by atoms with Crippen LogP contribution in [0.3, 0.4) is 0 Å². The van der Waals surface area contributed by atoms with Crippen molar-refractivity contribution in [1.29, 1.82) is 0 Å². The zero-order chi connectivity index (χ0) is 14.0. The van der Waals surface area contributed by atoms with Gasteiger partial charge in [0.2, 0.25) is 0 Å². The zero-order valence-corrected chi connectivity index (χ0v) is 12.4. The van der Waals surface area contributed by atoms with Gasteiger partial charge in [-0.05, 0) is 70.1 Å². The van der Waals surface area contributed by atoms with Crippen LogP contribution in [-0.4, -0.2) is 22.9 Å². The van der Waals surface area contributed by atoms with Crippen LogP contribution in [0.2, 0.25) is 0 Å². The topological polar surface area (TPSA) is 47.9 Å². The minimum atomic E-state index is -0.365. The quantitative estimate of drug-likeness (QED) is 0.729. The third kappa shape index (κ3) is 2.04. The Kier molecular flexibility index (Phi) is 2.52. The molecule has 0 amide bonds. The number of esters is 1. The fourth-order valence-corrected chi connectivity index (χ4v) is 5.17. The van der Waals surface area contributed by atoms with Crippen molar-refractivity contribution in [2.24, 2.45) is 22.9 Å². The van der Waals surface area contributed by atoms with E-state index in [9.17, 15) is 4.79 Å². The molecule has 1 heterocycles. The van der Waals surface area contributed by atoms with Gasteiger partial charge in [0, 0.05) is 6.42 Å². The second kappa shape index (κ2) is 3.99. The van der Waals surface area contributed by atoms with Crippen LogP contribution in [0.5, 0.6) is 0 Å². The molecule has 4 nitrogen and oxygen atoms in total. The minimum absolute atomic E-state index is 0.179. The minimum Gasteiger partial charge on any atom is -0.454 e. The average molecular weight is 277 g/mol. The Balaban J connectivity index is 1.48. The standard InChI is InChI=1S/C16H23NO3/c1-15(2)9-13(17-20-15)14(18)19-16-6-10-3-11(7-16)5-12(4-10)8-16/h10-12H,3-9H2,1-2H3. The van der Waals surface area contributed by atoms with E-state index in [1.54, 1.807) is 0 Å². The molecule has 0 aromatic rings. The van der Waals surface area contributed by atoms with Crippen LogP contribution >= 0.6 is 0 Å². The fraction of sp³-hybridized carbons (Fsp3) is 0.875. The Morgan fingerprint density at radius 3 is 2.15 bits per heavy atom. The highest BCUT2D eigenvalue weighted by Crippen LogP contribution is 2.57. The number of ether oxygens (including phenoxy) is 1. The summed E-state index contributed by atoms with van der Waals surface area (Å²) in [4.78, 5) is 17.7. The third-order valence-corrected chi connectivity index (χ3v) is 5.52. The summed E-state index contributed by atoms with van der Waals surface area (Å²) in [5.41, 5.74) is -0.0811. The van der Waals surface area contributed by atoms with Crippen molar-refractivity contribution in [3.8, 4) is 0 Å². The van der Waals surface area contributed by atoms with Gasteiger partial charge in [0.05, 0.1) is 0 Å². The average Bonchev–Trinajstić information content (AvgIpc) is 2.67. The molecule has 0 aromatic heterocycles. The van der Waals surface area contributed by atoms with E-state index in [-0.39, 0.29) is 17.2 Å². The summed E-state index contributed by atoms with van der Waals surface area (Å²) in [6.45, 7) is 3.89. The molecule has 0 aromatic carbocycles. The molecule has 1 aliphatic heterocycles. The summed E-state index contributed by atoms with van der Waals surface area (Å²) in [6.07, 6.45) is 7.83. The SMILES string of the molecule is CC1(C)CC(C(=O)OC23CC4CC(CC(C4)C2)C3)=NO1. The monoisotopic (exact) mass is 277 g/mol. The zero-order valence-electron chi connectivity index (χ0n) is 12.4.